The monoisotopic (exact) mass is 435 g/mol. The molecule has 2 aromatic rings. The molecule has 9 heteroatoms. The Hall–Kier alpha value is -1.71. The van der Waals surface area contributed by atoms with Gasteiger partial charge in [-0.25, -0.2) is 13.4 Å². The van der Waals surface area contributed by atoms with Crippen molar-refractivity contribution >= 4 is 33.1 Å². The van der Waals surface area contributed by atoms with Gasteiger partial charge in [-0.05, 0) is 38.8 Å². The molecule has 1 N–H and O–H groups in total. The molecular formula is C20H29N5O2S2. The van der Waals surface area contributed by atoms with Crippen LogP contribution in [0.15, 0.2) is 22.4 Å². The van der Waals surface area contributed by atoms with Crippen molar-refractivity contribution in [2.75, 3.05) is 36.4 Å². The van der Waals surface area contributed by atoms with Gasteiger partial charge in [0, 0.05) is 48.9 Å². The summed E-state index contributed by atoms with van der Waals surface area (Å²) < 4.78 is 27.7. The molecule has 0 radical (unpaired) electrons. The lowest BCUT2D eigenvalue weighted by atomic mass is 9.96. The maximum Gasteiger partial charge on any atom is 0.252 e. The predicted octanol–water partition coefficient (Wildman–Crippen LogP) is 3.41. The van der Waals surface area contributed by atoms with E-state index < -0.39 is 10.0 Å². The van der Waals surface area contributed by atoms with Gasteiger partial charge in [-0.2, -0.15) is 9.29 Å². The van der Waals surface area contributed by atoms with Crippen molar-refractivity contribution in [3.63, 3.8) is 0 Å². The molecule has 2 fully saturated rings. The third-order valence-corrected chi connectivity index (χ3v) is 9.02. The third kappa shape index (κ3) is 4.73. The van der Waals surface area contributed by atoms with E-state index in [2.05, 4.69) is 15.2 Å². The van der Waals surface area contributed by atoms with Crippen LogP contribution in [0.1, 0.15) is 42.7 Å². The minimum atomic E-state index is -3.40. The van der Waals surface area contributed by atoms with Gasteiger partial charge >= 0.3 is 0 Å². The Kier molecular flexibility index (Phi) is 6.08. The van der Waals surface area contributed by atoms with E-state index in [1.54, 1.807) is 10.4 Å². The third-order valence-electron chi connectivity index (χ3n) is 5.65. The zero-order chi connectivity index (χ0) is 20.4. The summed E-state index contributed by atoms with van der Waals surface area (Å²) >= 11 is 1.33. The lowest BCUT2D eigenvalue weighted by Gasteiger charge is -2.34. The highest BCUT2D eigenvalue weighted by atomic mass is 32.2. The molecule has 0 bridgehead atoms. The smallest absolute Gasteiger partial charge is 0.252 e. The summed E-state index contributed by atoms with van der Waals surface area (Å²) in [6, 6.07) is 6.00. The molecule has 4 rings (SSSR count). The molecule has 1 aliphatic heterocycles. The van der Waals surface area contributed by atoms with Crippen molar-refractivity contribution in [2.45, 2.75) is 56.2 Å². The Morgan fingerprint density at radius 2 is 1.76 bits per heavy atom. The van der Waals surface area contributed by atoms with Crippen molar-refractivity contribution in [3.05, 3.63) is 28.8 Å². The Morgan fingerprint density at radius 1 is 1.03 bits per heavy atom. The molecule has 7 nitrogen and oxygen atoms in total. The number of nitrogens with one attached hydrogen (secondary N) is 1. The summed E-state index contributed by atoms with van der Waals surface area (Å²) in [6.45, 7) is 6.10. The second-order valence-corrected chi connectivity index (χ2v) is 11.4. The number of anilines is 2. The van der Waals surface area contributed by atoms with Gasteiger partial charge in [0.05, 0.1) is 0 Å². The second-order valence-electron chi connectivity index (χ2n) is 7.93. The van der Waals surface area contributed by atoms with E-state index in [1.807, 2.05) is 26.0 Å². The van der Waals surface area contributed by atoms with Crippen LogP contribution in [0.2, 0.25) is 0 Å². The fraction of sp³-hybridized carbons (Fsp3) is 0.600. The normalized spacial score (nSPS) is 19.4. The van der Waals surface area contributed by atoms with Crippen LogP contribution in [-0.2, 0) is 10.0 Å². The van der Waals surface area contributed by atoms with E-state index in [0.717, 1.165) is 16.4 Å². The number of piperazine rings is 1. The zero-order valence-corrected chi connectivity index (χ0v) is 18.7. The van der Waals surface area contributed by atoms with E-state index in [-0.39, 0.29) is 0 Å². The quantitative estimate of drug-likeness (QED) is 0.775. The number of hydrogen-bond acceptors (Lipinski definition) is 7. The van der Waals surface area contributed by atoms with Gasteiger partial charge in [0.1, 0.15) is 10.0 Å². The van der Waals surface area contributed by atoms with Crippen LogP contribution in [0.5, 0.6) is 0 Å². The van der Waals surface area contributed by atoms with Gasteiger partial charge in [-0.1, -0.05) is 19.3 Å². The molecule has 2 aromatic heterocycles. The fourth-order valence-electron chi connectivity index (χ4n) is 4.04. The van der Waals surface area contributed by atoms with Crippen molar-refractivity contribution in [3.8, 4) is 0 Å². The molecular weight excluding hydrogens is 406 g/mol. The summed E-state index contributed by atoms with van der Waals surface area (Å²) in [7, 11) is -3.40. The lowest BCUT2D eigenvalue weighted by Crippen LogP contribution is -2.48. The van der Waals surface area contributed by atoms with Crippen molar-refractivity contribution < 1.29 is 8.42 Å². The number of sulfonamides is 1. The molecule has 1 aliphatic carbocycles. The first-order chi connectivity index (χ1) is 13.9. The Balaban J connectivity index is 1.43. The van der Waals surface area contributed by atoms with E-state index in [1.165, 1.54) is 43.4 Å². The lowest BCUT2D eigenvalue weighted by molar-refractivity contribution is 0.384. The Bertz CT molecular complexity index is 946. The molecule has 1 saturated carbocycles. The standard InChI is InChI=1S/C20H29N5O2S2/c1-15-14-18(23-20(21-15)22-17-6-4-3-5-7-17)24-10-12-25(13-11-24)29(26,27)19-9-8-16(2)28-19/h8-9,14,17H,3-7,10-13H2,1-2H3,(H,21,22,23). The van der Waals surface area contributed by atoms with Crippen molar-refractivity contribution in [1.29, 1.82) is 0 Å². The SMILES string of the molecule is Cc1cc(N2CCN(S(=O)(=O)c3ccc(C)s3)CC2)nc(NC2CCCCC2)n1. The van der Waals surface area contributed by atoms with E-state index in [0.29, 0.717) is 42.4 Å². The first-order valence-corrected chi connectivity index (χ1v) is 12.6. The summed E-state index contributed by atoms with van der Waals surface area (Å²) in [4.78, 5) is 12.5. The summed E-state index contributed by atoms with van der Waals surface area (Å²) in [5, 5.41) is 3.50. The number of nitrogens with zero attached hydrogens (tertiary/aromatic N) is 4. The molecule has 0 spiro atoms. The second kappa shape index (κ2) is 8.57. The fourth-order valence-corrected chi connectivity index (χ4v) is 6.90. The van der Waals surface area contributed by atoms with Crippen LogP contribution < -0.4 is 10.2 Å². The van der Waals surface area contributed by atoms with Gasteiger partial charge in [0.2, 0.25) is 5.95 Å². The van der Waals surface area contributed by atoms with Gasteiger partial charge in [0.15, 0.2) is 0 Å². The average Bonchev–Trinajstić information content (AvgIpc) is 3.16. The van der Waals surface area contributed by atoms with E-state index in [9.17, 15) is 8.42 Å². The first kappa shape index (κ1) is 20.6. The number of aryl methyl sites for hydroxylation is 2. The highest BCUT2D eigenvalue weighted by Crippen LogP contribution is 2.27. The summed E-state index contributed by atoms with van der Waals surface area (Å²) in [5.41, 5.74) is 0.928. The maximum absolute atomic E-state index is 12.9. The Labute approximate surface area is 177 Å². The van der Waals surface area contributed by atoms with Gasteiger partial charge in [-0.3, -0.25) is 0 Å². The molecule has 3 heterocycles. The highest BCUT2D eigenvalue weighted by Gasteiger charge is 2.30. The summed E-state index contributed by atoms with van der Waals surface area (Å²) in [6.07, 6.45) is 6.18. The predicted molar refractivity (Wildman–Crippen MR) is 117 cm³/mol. The highest BCUT2D eigenvalue weighted by molar-refractivity contribution is 7.91. The van der Waals surface area contributed by atoms with Gasteiger partial charge in [-0.15, -0.1) is 11.3 Å². The van der Waals surface area contributed by atoms with E-state index in [4.69, 9.17) is 4.98 Å². The van der Waals surface area contributed by atoms with Crippen molar-refractivity contribution in [1.82, 2.24) is 14.3 Å². The zero-order valence-electron chi connectivity index (χ0n) is 17.1. The molecule has 158 valence electrons. The largest absolute Gasteiger partial charge is 0.354 e. The van der Waals surface area contributed by atoms with Crippen LogP contribution >= 0.6 is 11.3 Å². The molecule has 0 atom stereocenters. The molecule has 29 heavy (non-hydrogen) atoms. The van der Waals surface area contributed by atoms with E-state index >= 15 is 0 Å². The molecule has 0 amide bonds. The van der Waals surface area contributed by atoms with Crippen LogP contribution in [0.25, 0.3) is 0 Å². The van der Waals surface area contributed by atoms with Crippen LogP contribution in [0.3, 0.4) is 0 Å². The molecule has 2 aliphatic rings. The van der Waals surface area contributed by atoms with Crippen LogP contribution in [0.4, 0.5) is 11.8 Å². The van der Waals surface area contributed by atoms with Gasteiger partial charge < -0.3 is 10.2 Å². The average molecular weight is 436 g/mol. The number of thiophene rings is 1. The number of hydrogen-bond donors (Lipinski definition) is 1. The molecule has 1 saturated heterocycles. The van der Waals surface area contributed by atoms with Crippen LogP contribution in [0, 0.1) is 13.8 Å². The molecule has 0 unspecified atom stereocenters. The van der Waals surface area contributed by atoms with Gasteiger partial charge in [0.25, 0.3) is 10.0 Å². The minimum Gasteiger partial charge on any atom is -0.354 e. The number of rotatable bonds is 5. The number of aromatic nitrogens is 2. The topological polar surface area (TPSA) is 78.4 Å². The first-order valence-electron chi connectivity index (χ1n) is 10.4. The minimum absolute atomic E-state index is 0.431. The Morgan fingerprint density at radius 3 is 2.41 bits per heavy atom. The van der Waals surface area contributed by atoms with Crippen LogP contribution in [-0.4, -0.2) is 54.9 Å². The summed E-state index contributed by atoms with van der Waals surface area (Å²) in [5.74, 6) is 1.57. The maximum atomic E-state index is 12.9. The van der Waals surface area contributed by atoms with Crippen molar-refractivity contribution in [2.24, 2.45) is 0 Å². The molecule has 0 aromatic carbocycles.